The smallest absolute Gasteiger partial charge is 0.318 e. The molecule has 2 N–H and O–H groups in total. The Bertz CT molecular complexity index is 478. The normalized spacial score (nSPS) is 19.4. The molecular weight excluding hydrogens is 268 g/mol. The van der Waals surface area contributed by atoms with Crippen molar-refractivity contribution in [2.75, 3.05) is 19.8 Å². The van der Waals surface area contributed by atoms with E-state index in [0.29, 0.717) is 13.2 Å². The van der Waals surface area contributed by atoms with E-state index < -0.39 is 0 Å². The van der Waals surface area contributed by atoms with Gasteiger partial charge in [-0.15, -0.1) is 0 Å². The molecule has 5 nitrogen and oxygen atoms in total. The van der Waals surface area contributed by atoms with Crippen LogP contribution in [-0.2, 0) is 0 Å². The first kappa shape index (κ1) is 15.6. The fourth-order valence-electron chi connectivity index (χ4n) is 2.68. The standard InChI is InChI=1S/C16H24N2O3/c1-3-21-15-8-4-6-13(10-15)12(2)17-16(20)18-9-5-7-14(18)11-19/h4,6,8,10,12,14,19H,3,5,7,9,11H2,1-2H3,(H,17,20)/t12?,14-/m0/s1. The summed E-state index contributed by atoms with van der Waals surface area (Å²) in [6, 6.07) is 7.49. The van der Waals surface area contributed by atoms with E-state index in [0.717, 1.165) is 24.2 Å². The van der Waals surface area contributed by atoms with Crippen molar-refractivity contribution in [3.63, 3.8) is 0 Å². The summed E-state index contributed by atoms with van der Waals surface area (Å²) in [6.45, 7) is 5.26. The second-order valence-electron chi connectivity index (χ2n) is 5.35. The molecule has 1 aromatic carbocycles. The quantitative estimate of drug-likeness (QED) is 0.875. The minimum absolute atomic E-state index is 0.0294. The number of rotatable bonds is 5. The van der Waals surface area contributed by atoms with Crippen molar-refractivity contribution < 1.29 is 14.6 Å². The predicted octanol–water partition coefficient (Wildman–Crippen LogP) is 2.31. The highest BCUT2D eigenvalue weighted by Gasteiger charge is 2.28. The van der Waals surface area contributed by atoms with E-state index in [1.54, 1.807) is 4.90 Å². The maximum atomic E-state index is 12.3. The molecule has 0 aliphatic carbocycles. The summed E-state index contributed by atoms with van der Waals surface area (Å²) in [5, 5.41) is 12.3. The molecule has 1 unspecified atom stereocenters. The fourth-order valence-corrected chi connectivity index (χ4v) is 2.68. The third kappa shape index (κ3) is 3.88. The van der Waals surface area contributed by atoms with Gasteiger partial charge in [0.05, 0.1) is 25.3 Å². The summed E-state index contributed by atoms with van der Waals surface area (Å²) in [5.74, 6) is 0.811. The fraction of sp³-hybridized carbons (Fsp3) is 0.562. The van der Waals surface area contributed by atoms with Crippen molar-refractivity contribution >= 4 is 6.03 Å². The van der Waals surface area contributed by atoms with Crippen LogP contribution in [0, 0.1) is 0 Å². The highest BCUT2D eigenvalue weighted by molar-refractivity contribution is 5.75. The lowest BCUT2D eigenvalue weighted by molar-refractivity contribution is 0.155. The first-order valence-corrected chi connectivity index (χ1v) is 7.56. The molecule has 5 heteroatoms. The van der Waals surface area contributed by atoms with E-state index in [2.05, 4.69) is 5.32 Å². The average molecular weight is 292 g/mol. The minimum Gasteiger partial charge on any atom is -0.494 e. The molecule has 1 fully saturated rings. The highest BCUT2D eigenvalue weighted by Crippen LogP contribution is 2.21. The van der Waals surface area contributed by atoms with Crippen molar-refractivity contribution in [1.29, 1.82) is 0 Å². The number of amides is 2. The molecule has 0 saturated carbocycles. The third-order valence-electron chi connectivity index (χ3n) is 3.86. The molecule has 0 bridgehead atoms. The maximum Gasteiger partial charge on any atom is 0.318 e. The lowest BCUT2D eigenvalue weighted by Crippen LogP contribution is -2.44. The largest absolute Gasteiger partial charge is 0.494 e. The van der Waals surface area contributed by atoms with Gasteiger partial charge in [-0.2, -0.15) is 0 Å². The molecule has 1 aliphatic heterocycles. The molecule has 2 atom stereocenters. The molecule has 1 aliphatic rings. The van der Waals surface area contributed by atoms with Crippen LogP contribution in [0.15, 0.2) is 24.3 Å². The number of aliphatic hydroxyl groups excluding tert-OH is 1. The number of hydrogen-bond donors (Lipinski definition) is 2. The zero-order valence-corrected chi connectivity index (χ0v) is 12.7. The van der Waals surface area contributed by atoms with Gasteiger partial charge in [0, 0.05) is 6.54 Å². The molecule has 2 rings (SSSR count). The zero-order valence-electron chi connectivity index (χ0n) is 12.7. The number of ether oxygens (including phenoxy) is 1. The van der Waals surface area contributed by atoms with Gasteiger partial charge < -0.3 is 20.1 Å². The molecule has 1 aromatic rings. The Hall–Kier alpha value is -1.75. The van der Waals surface area contributed by atoms with E-state index in [1.807, 2.05) is 38.1 Å². The van der Waals surface area contributed by atoms with E-state index >= 15 is 0 Å². The van der Waals surface area contributed by atoms with Gasteiger partial charge in [-0.05, 0) is 44.4 Å². The predicted molar refractivity (Wildman–Crippen MR) is 81.4 cm³/mol. The van der Waals surface area contributed by atoms with Gasteiger partial charge in [-0.3, -0.25) is 0 Å². The third-order valence-corrected chi connectivity index (χ3v) is 3.86. The summed E-state index contributed by atoms with van der Waals surface area (Å²) >= 11 is 0. The number of urea groups is 1. The lowest BCUT2D eigenvalue weighted by atomic mass is 10.1. The Morgan fingerprint density at radius 2 is 2.38 bits per heavy atom. The Morgan fingerprint density at radius 3 is 3.10 bits per heavy atom. The van der Waals surface area contributed by atoms with Crippen LogP contribution in [0.4, 0.5) is 4.79 Å². The second kappa shape index (κ2) is 7.31. The van der Waals surface area contributed by atoms with E-state index in [9.17, 15) is 9.90 Å². The SMILES string of the molecule is CCOc1cccc(C(C)NC(=O)N2CCC[C@H]2CO)c1. The molecular formula is C16H24N2O3. The molecule has 2 amide bonds. The zero-order chi connectivity index (χ0) is 15.2. The Kier molecular flexibility index (Phi) is 5.44. The topological polar surface area (TPSA) is 61.8 Å². The van der Waals surface area contributed by atoms with Crippen LogP contribution in [-0.4, -0.2) is 41.8 Å². The summed E-state index contributed by atoms with van der Waals surface area (Å²) in [7, 11) is 0. The lowest BCUT2D eigenvalue weighted by Gasteiger charge is -2.25. The van der Waals surface area contributed by atoms with Crippen molar-refractivity contribution in [1.82, 2.24) is 10.2 Å². The van der Waals surface area contributed by atoms with Crippen LogP contribution in [0.5, 0.6) is 5.75 Å². The molecule has 0 aromatic heterocycles. The van der Waals surface area contributed by atoms with E-state index in [-0.39, 0.29) is 24.7 Å². The van der Waals surface area contributed by atoms with Crippen molar-refractivity contribution in [2.24, 2.45) is 0 Å². The van der Waals surface area contributed by atoms with Gasteiger partial charge >= 0.3 is 6.03 Å². The van der Waals surface area contributed by atoms with Gasteiger partial charge in [0.2, 0.25) is 0 Å². The van der Waals surface area contributed by atoms with Crippen LogP contribution >= 0.6 is 0 Å². The number of nitrogens with one attached hydrogen (secondary N) is 1. The van der Waals surface area contributed by atoms with Crippen LogP contribution in [0.2, 0.25) is 0 Å². The van der Waals surface area contributed by atoms with Crippen LogP contribution in [0.3, 0.4) is 0 Å². The number of hydrogen-bond acceptors (Lipinski definition) is 3. The number of benzene rings is 1. The highest BCUT2D eigenvalue weighted by atomic mass is 16.5. The molecule has 21 heavy (non-hydrogen) atoms. The Balaban J connectivity index is 1.98. The van der Waals surface area contributed by atoms with Gasteiger partial charge in [0.15, 0.2) is 0 Å². The number of aliphatic hydroxyl groups is 1. The van der Waals surface area contributed by atoms with Gasteiger partial charge in [-0.1, -0.05) is 12.1 Å². The number of likely N-dealkylation sites (tertiary alicyclic amines) is 1. The molecule has 1 heterocycles. The van der Waals surface area contributed by atoms with E-state index in [1.165, 1.54) is 0 Å². The number of carbonyl (C=O) groups is 1. The van der Waals surface area contributed by atoms with Crippen molar-refractivity contribution in [3.8, 4) is 5.75 Å². The molecule has 0 spiro atoms. The van der Waals surface area contributed by atoms with Gasteiger partial charge in [0.1, 0.15) is 5.75 Å². The van der Waals surface area contributed by atoms with Crippen molar-refractivity contribution in [2.45, 2.75) is 38.8 Å². The summed E-state index contributed by atoms with van der Waals surface area (Å²) in [5.41, 5.74) is 1.01. The molecule has 0 radical (unpaired) electrons. The van der Waals surface area contributed by atoms with Gasteiger partial charge in [0.25, 0.3) is 0 Å². The van der Waals surface area contributed by atoms with Gasteiger partial charge in [-0.25, -0.2) is 4.79 Å². The molecule has 1 saturated heterocycles. The first-order valence-electron chi connectivity index (χ1n) is 7.56. The monoisotopic (exact) mass is 292 g/mol. The summed E-state index contributed by atoms with van der Waals surface area (Å²) < 4.78 is 5.48. The summed E-state index contributed by atoms with van der Waals surface area (Å²) in [6.07, 6.45) is 1.82. The first-order chi connectivity index (χ1) is 10.2. The minimum atomic E-state index is -0.110. The Labute approximate surface area is 125 Å². The second-order valence-corrected chi connectivity index (χ2v) is 5.35. The van der Waals surface area contributed by atoms with Crippen LogP contribution < -0.4 is 10.1 Å². The van der Waals surface area contributed by atoms with Crippen molar-refractivity contribution in [3.05, 3.63) is 29.8 Å². The van der Waals surface area contributed by atoms with Crippen LogP contribution in [0.25, 0.3) is 0 Å². The summed E-state index contributed by atoms with van der Waals surface area (Å²) in [4.78, 5) is 14.0. The number of nitrogens with zero attached hydrogens (tertiary/aromatic N) is 1. The average Bonchev–Trinajstić information content (AvgIpc) is 2.96. The molecule has 116 valence electrons. The van der Waals surface area contributed by atoms with E-state index in [4.69, 9.17) is 4.74 Å². The maximum absolute atomic E-state index is 12.3. The number of carbonyl (C=O) groups excluding carboxylic acids is 1. The van der Waals surface area contributed by atoms with Crippen LogP contribution in [0.1, 0.15) is 38.3 Å². The Morgan fingerprint density at radius 1 is 1.57 bits per heavy atom.